The van der Waals surface area contributed by atoms with E-state index < -0.39 is 11.1 Å². The molecular weight excluding hydrogens is 363 g/mol. The highest BCUT2D eigenvalue weighted by Crippen LogP contribution is 2.36. The van der Waals surface area contributed by atoms with Crippen LogP contribution in [0.2, 0.25) is 0 Å². The lowest BCUT2D eigenvalue weighted by Gasteiger charge is -2.14. The van der Waals surface area contributed by atoms with Crippen molar-refractivity contribution in [3.63, 3.8) is 0 Å². The lowest BCUT2D eigenvalue weighted by molar-refractivity contribution is -0.134. The van der Waals surface area contributed by atoms with E-state index >= 15 is 0 Å². The van der Waals surface area contributed by atoms with Gasteiger partial charge in [0.2, 0.25) is 0 Å². The largest absolute Gasteiger partial charge is 0.489 e. The number of nitrogens with one attached hydrogen (secondary N) is 1. The van der Waals surface area contributed by atoms with Gasteiger partial charge in [-0.2, -0.15) is 13.2 Å². The molecule has 1 aromatic carbocycles. The van der Waals surface area contributed by atoms with E-state index in [2.05, 4.69) is 15.3 Å². The zero-order valence-corrected chi connectivity index (χ0v) is 14.6. The van der Waals surface area contributed by atoms with E-state index in [1.54, 1.807) is 12.4 Å². The molecule has 0 radical (unpaired) electrons. The number of nitrogens with zero attached hydrogens (tertiary/aromatic N) is 2. The van der Waals surface area contributed by atoms with E-state index in [9.17, 15) is 13.2 Å². The van der Waals surface area contributed by atoms with Crippen LogP contribution < -0.4 is 10.1 Å². The number of ether oxygens (including phenoxy) is 1. The number of pyridine rings is 1. The van der Waals surface area contributed by atoms with Gasteiger partial charge >= 0.3 is 6.18 Å². The number of halogens is 3. The Labute approximate surface area is 152 Å². The minimum Gasteiger partial charge on any atom is -0.489 e. The van der Waals surface area contributed by atoms with Crippen LogP contribution in [0.3, 0.4) is 0 Å². The van der Waals surface area contributed by atoms with Gasteiger partial charge in [0.05, 0.1) is 12.2 Å². The topological polar surface area (TPSA) is 47.0 Å². The average molecular weight is 379 g/mol. The maximum absolute atomic E-state index is 12.6. The number of benzene rings is 1. The molecule has 0 aliphatic heterocycles. The van der Waals surface area contributed by atoms with Gasteiger partial charge < -0.3 is 10.1 Å². The zero-order valence-electron chi connectivity index (χ0n) is 13.8. The van der Waals surface area contributed by atoms with Crippen molar-refractivity contribution in [3.8, 4) is 5.75 Å². The smallest absolute Gasteiger partial charge is 0.427 e. The Hall–Kier alpha value is -2.61. The van der Waals surface area contributed by atoms with E-state index in [0.717, 1.165) is 17.3 Å². The highest BCUT2D eigenvalue weighted by Gasteiger charge is 2.33. The van der Waals surface area contributed by atoms with Gasteiger partial charge in [0.15, 0.2) is 5.13 Å². The first-order chi connectivity index (χ1) is 12.4. The van der Waals surface area contributed by atoms with E-state index in [-0.39, 0.29) is 11.2 Å². The second-order valence-corrected chi connectivity index (χ2v) is 6.64. The van der Waals surface area contributed by atoms with Crippen LogP contribution in [0.4, 0.5) is 18.3 Å². The second kappa shape index (κ2) is 7.74. The summed E-state index contributed by atoms with van der Waals surface area (Å²) >= 11 is 0.594. The Morgan fingerprint density at radius 3 is 2.54 bits per heavy atom. The summed E-state index contributed by atoms with van der Waals surface area (Å²) in [5.41, 5.74) is 1.89. The van der Waals surface area contributed by atoms with Crippen molar-refractivity contribution in [1.82, 2.24) is 9.97 Å². The van der Waals surface area contributed by atoms with Crippen LogP contribution in [0, 0.1) is 0 Å². The van der Waals surface area contributed by atoms with Crippen molar-refractivity contribution in [2.75, 3.05) is 5.32 Å². The summed E-state index contributed by atoms with van der Waals surface area (Å²) in [5.74, 6) is 0.707. The van der Waals surface area contributed by atoms with Crippen molar-refractivity contribution in [1.29, 1.82) is 0 Å². The minimum atomic E-state index is -4.37. The summed E-state index contributed by atoms with van der Waals surface area (Å²) in [6.45, 7) is 2.28. The quantitative estimate of drug-likeness (QED) is 0.631. The number of alkyl halides is 3. The number of thiazole rings is 1. The highest BCUT2D eigenvalue weighted by molar-refractivity contribution is 7.15. The molecule has 8 heteroatoms. The summed E-state index contributed by atoms with van der Waals surface area (Å²) in [7, 11) is 0. The number of hydrogen-bond donors (Lipinski definition) is 1. The van der Waals surface area contributed by atoms with Gasteiger partial charge in [-0.05, 0) is 30.7 Å². The predicted molar refractivity (Wildman–Crippen MR) is 94.2 cm³/mol. The van der Waals surface area contributed by atoms with Gasteiger partial charge in [-0.3, -0.25) is 4.98 Å². The molecule has 0 saturated heterocycles. The normalized spacial score (nSPS) is 12.6. The Kier molecular flexibility index (Phi) is 5.41. The van der Waals surface area contributed by atoms with Gasteiger partial charge in [0.1, 0.15) is 17.2 Å². The number of anilines is 1. The first-order valence-corrected chi connectivity index (χ1v) is 8.65. The van der Waals surface area contributed by atoms with Crippen LogP contribution in [0.1, 0.15) is 29.0 Å². The fourth-order valence-electron chi connectivity index (χ4n) is 2.24. The van der Waals surface area contributed by atoms with E-state index in [1.165, 1.54) is 0 Å². The summed E-state index contributed by atoms with van der Waals surface area (Å²) in [6, 6.07) is 11.0. The number of hydrogen-bond acceptors (Lipinski definition) is 5. The molecule has 2 heterocycles. The molecule has 0 saturated carbocycles. The van der Waals surface area contributed by atoms with Gasteiger partial charge in [-0.25, -0.2) is 4.98 Å². The van der Waals surface area contributed by atoms with Crippen LogP contribution in [-0.4, -0.2) is 9.97 Å². The molecule has 136 valence electrons. The van der Waals surface area contributed by atoms with Crippen LogP contribution in [0.5, 0.6) is 5.75 Å². The Morgan fingerprint density at radius 2 is 1.92 bits per heavy atom. The molecule has 0 amide bonds. The third-order valence-corrected chi connectivity index (χ3v) is 4.61. The molecule has 0 spiro atoms. The molecule has 0 fully saturated rings. The number of aromatic nitrogens is 2. The maximum atomic E-state index is 12.6. The van der Waals surface area contributed by atoms with Gasteiger partial charge in [-0.1, -0.05) is 29.5 Å². The van der Waals surface area contributed by atoms with Crippen LogP contribution in [-0.2, 0) is 12.8 Å². The summed E-state index contributed by atoms with van der Waals surface area (Å²) in [5, 5.41) is 3.22. The van der Waals surface area contributed by atoms with Crippen LogP contribution >= 0.6 is 11.3 Å². The Bertz CT molecular complexity index is 835. The predicted octanol–water partition coefficient (Wildman–Crippen LogP) is 5.31. The monoisotopic (exact) mass is 379 g/mol. The van der Waals surface area contributed by atoms with Crippen molar-refractivity contribution in [2.24, 2.45) is 0 Å². The molecule has 26 heavy (non-hydrogen) atoms. The second-order valence-electron chi connectivity index (χ2n) is 5.61. The third kappa shape index (κ3) is 4.72. The standard InChI is InChI=1S/C18H16F3N3OS/c1-12(24-17-23-10-16(26-17)18(19,20)21)14-4-6-15(7-5-14)25-11-13-3-2-8-22-9-13/h2-10,12H,11H2,1H3,(H,23,24). The van der Waals surface area contributed by atoms with Crippen molar-refractivity contribution in [3.05, 3.63) is 71.0 Å². The zero-order chi connectivity index (χ0) is 18.6. The fraction of sp³-hybridized carbons (Fsp3) is 0.222. The van der Waals surface area contributed by atoms with Crippen molar-refractivity contribution >= 4 is 16.5 Å². The molecule has 0 aliphatic carbocycles. The van der Waals surface area contributed by atoms with Gasteiger partial charge in [0.25, 0.3) is 0 Å². The lowest BCUT2D eigenvalue weighted by Crippen LogP contribution is -2.06. The molecule has 0 bridgehead atoms. The lowest BCUT2D eigenvalue weighted by atomic mass is 10.1. The SMILES string of the molecule is CC(Nc1ncc(C(F)(F)F)s1)c1ccc(OCc2cccnc2)cc1. The van der Waals surface area contributed by atoms with Gasteiger partial charge in [0, 0.05) is 18.0 Å². The molecule has 2 aromatic heterocycles. The molecule has 0 aliphatic rings. The highest BCUT2D eigenvalue weighted by atomic mass is 32.1. The van der Waals surface area contributed by atoms with Crippen molar-refractivity contribution < 1.29 is 17.9 Å². The fourth-order valence-corrected chi connectivity index (χ4v) is 3.01. The Balaban J connectivity index is 1.58. The van der Waals surface area contributed by atoms with E-state index in [0.29, 0.717) is 23.7 Å². The Morgan fingerprint density at radius 1 is 1.15 bits per heavy atom. The van der Waals surface area contributed by atoms with Gasteiger partial charge in [-0.15, -0.1) is 0 Å². The molecule has 4 nitrogen and oxygen atoms in total. The maximum Gasteiger partial charge on any atom is 0.427 e. The summed E-state index contributed by atoms with van der Waals surface area (Å²) in [4.78, 5) is 7.10. The average Bonchev–Trinajstić information content (AvgIpc) is 3.10. The van der Waals surface area contributed by atoms with Crippen LogP contribution in [0.25, 0.3) is 0 Å². The molecule has 3 aromatic rings. The summed E-state index contributed by atoms with van der Waals surface area (Å²) in [6.07, 6.45) is -0.0837. The molecular formula is C18H16F3N3OS. The molecule has 1 N–H and O–H groups in total. The summed E-state index contributed by atoms with van der Waals surface area (Å²) < 4.78 is 43.6. The van der Waals surface area contributed by atoms with Crippen molar-refractivity contribution in [2.45, 2.75) is 25.7 Å². The van der Waals surface area contributed by atoms with E-state index in [4.69, 9.17) is 4.74 Å². The molecule has 3 rings (SSSR count). The molecule has 1 atom stereocenters. The third-order valence-electron chi connectivity index (χ3n) is 3.63. The minimum absolute atomic E-state index is 0.186. The van der Waals surface area contributed by atoms with Crippen LogP contribution in [0.15, 0.2) is 55.0 Å². The first-order valence-electron chi connectivity index (χ1n) is 7.83. The van der Waals surface area contributed by atoms with E-state index in [1.807, 2.05) is 43.3 Å². The number of rotatable bonds is 6. The first kappa shape index (κ1) is 18.2. The molecule has 1 unspecified atom stereocenters.